The van der Waals surface area contributed by atoms with Crippen molar-refractivity contribution in [2.45, 2.75) is 13.5 Å². The van der Waals surface area contributed by atoms with Gasteiger partial charge in [-0.05, 0) is 55.0 Å². The van der Waals surface area contributed by atoms with Crippen LogP contribution in [0.5, 0.6) is 5.75 Å². The fraction of sp³-hybridized carbons (Fsp3) is 0.143. The summed E-state index contributed by atoms with van der Waals surface area (Å²) in [5, 5.41) is 5.62. The monoisotopic (exact) mass is 364 g/mol. The number of rotatable bonds is 7. The Balaban J connectivity index is 1.54. The minimum atomic E-state index is -0.310. The molecule has 138 valence electrons. The van der Waals surface area contributed by atoms with Gasteiger partial charge in [0, 0.05) is 17.8 Å². The molecule has 6 heteroatoms. The standard InChI is InChI=1S/C21H20N2O4/c1-2-26-18-6-3-5-16(13-18)20(24)22-14-15-8-10-17(11-9-15)23-21(25)19-7-4-12-27-19/h3-13H,2,14H2,1H3,(H,22,24)(H,23,25). The predicted molar refractivity (Wildman–Crippen MR) is 102 cm³/mol. The number of amides is 2. The highest BCUT2D eigenvalue weighted by molar-refractivity contribution is 6.02. The molecule has 0 saturated heterocycles. The summed E-state index contributed by atoms with van der Waals surface area (Å²) < 4.78 is 10.5. The van der Waals surface area contributed by atoms with E-state index in [-0.39, 0.29) is 17.6 Å². The van der Waals surface area contributed by atoms with Gasteiger partial charge in [0.15, 0.2) is 5.76 Å². The lowest BCUT2D eigenvalue weighted by Gasteiger charge is -2.09. The molecule has 0 aliphatic rings. The Labute approximate surface area is 157 Å². The van der Waals surface area contributed by atoms with Crippen LogP contribution in [0.2, 0.25) is 0 Å². The summed E-state index contributed by atoms with van der Waals surface area (Å²) in [6.07, 6.45) is 1.45. The second-order valence-corrected chi connectivity index (χ2v) is 5.77. The Morgan fingerprint density at radius 1 is 1.00 bits per heavy atom. The maximum atomic E-state index is 12.3. The second-order valence-electron chi connectivity index (χ2n) is 5.77. The van der Waals surface area contributed by atoms with Crippen LogP contribution in [0, 0.1) is 0 Å². The quantitative estimate of drug-likeness (QED) is 0.667. The molecule has 1 aromatic heterocycles. The van der Waals surface area contributed by atoms with E-state index in [0.717, 1.165) is 5.56 Å². The van der Waals surface area contributed by atoms with Crippen LogP contribution in [0.4, 0.5) is 5.69 Å². The van der Waals surface area contributed by atoms with Crippen LogP contribution in [0.3, 0.4) is 0 Å². The third kappa shape index (κ3) is 4.98. The number of hydrogen-bond donors (Lipinski definition) is 2. The molecule has 1 heterocycles. The van der Waals surface area contributed by atoms with E-state index in [2.05, 4.69) is 10.6 Å². The summed E-state index contributed by atoms with van der Waals surface area (Å²) in [7, 11) is 0. The molecule has 3 aromatic rings. The fourth-order valence-corrected chi connectivity index (χ4v) is 2.48. The molecule has 27 heavy (non-hydrogen) atoms. The first kappa shape index (κ1) is 18.3. The van der Waals surface area contributed by atoms with E-state index >= 15 is 0 Å². The molecular formula is C21H20N2O4. The average Bonchev–Trinajstić information content (AvgIpc) is 3.23. The van der Waals surface area contributed by atoms with Crippen molar-refractivity contribution in [2.75, 3.05) is 11.9 Å². The lowest BCUT2D eigenvalue weighted by molar-refractivity contribution is 0.0949. The zero-order valence-corrected chi connectivity index (χ0v) is 14.9. The van der Waals surface area contributed by atoms with Crippen molar-refractivity contribution in [2.24, 2.45) is 0 Å². The van der Waals surface area contributed by atoms with Gasteiger partial charge in [0.05, 0.1) is 12.9 Å². The van der Waals surface area contributed by atoms with Gasteiger partial charge in [0.1, 0.15) is 5.75 Å². The van der Waals surface area contributed by atoms with Crippen molar-refractivity contribution in [3.8, 4) is 5.75 Å². The third-order valence-electron chi connectivity index (χ3n) is 3.82. The number of nitrogens with one attached hydrogen (secondary N) is 2. The van der Waals surface area contributed by atoms with Gasteiger partial charge in [-0.25, -0.2) is 0 Å². The zero-order valence-electron chi connectivity index (χ0n) is 14.9. The molecule has 0 aliphatic heterocycles. The lowest BCUT2D eigenvalue weighted by atomic mass is 10.1. The molecule has 3 rings (SSSR count). The first-order valence-corrected chi connectivity index (χ1v) is 8.60. The Hall–Kier alpha value is -3.54. The number of carbonyl (C=O) groups excluding carboxylic acids is 2. The third-order valence-corrected chi connectivity index (χ3v) is 3.82. The van der Waals surface area contributed by atoms with Crippen LogP contribution < -0.4 is 15.4 Å². The van der Waals surface area contributed by atoms with E-state index in [0.29, 0.717) is 30.2 Å². The van der Waals surface area contributed by atoms with E-state index in [4.69, 9.17) is 9.15 Å². The summed E-state index contributed by atoms with van der Waals surface area (Å²) in [6, 6.07) is 17.5. The van der Waals surface area contributed by atoms with Crippen LogP contribution in [0.15, 0.2) is 71.3 Å². The lowest BCUT2D eigenvalue weighted by Crippen LogP contribution is -2.22. The summed E-state index contributed by atoms with van der Waals surface area (Å²) in [5.41, 5.74) is 2.11. The van der Waals surface area contributed by atoms with Crippen molar-refractivity contribution in [1.29, 1.82) is 0 Å². The average molecular weight is 364 g/mol. The summed E-state index contributed by atoms with van der Waals surface area (Å²) in [4.78, 5) is 24.2. The number of anilines is 1. The highest BCUT2D eigenvalue weighted by atomic mass is 16.5. The minimum Gasteiger partial charge on any atom is -0.494 e. The van der Waals surface area contributed by atoms with Crippen LogP contribution >= 0.6 is 0 Å². The molecule has 0 unspecified atom stereocenters. The molecule has 0 radical (unpaired) electrons. The molecule has 0 bridgehead atoms. The van der Waals surface area contributed by atoms with Gasteiger partial charge in [-0.1, -0.05) is 18.2 Å². The van der Waals surface area contributed by atoms with E-state index in [1.54, 1.807) is 42.5 Å². The Morgan fingerprint density at radius 2 is 1.81 bits per heavy atom. The van der Waals surface area contributed by atoms with Gasteiger partial charge >= 0.3 is 0 Å². The van der Waals surface area contributed by atoms with E-state index in [1.165, 1.54) is 6.26 Å². The van der Waals surface area contributed by atoms with Crippen LogP contribution in [0.1, 0.15) is 33.4 Å². The highest BCUT2D eigenvalue weighted by Crippen LogP contribution is 2.14. The second kappa shape index (κ2) is 8.71. The van der Waals surface area contributed by atoms with Crippen molar-refractivity contribution in [3.63, 3.8) is 0 Å². The molecule has 6 nitrogen and oxygen atoms in total. The Morgan fingerprint density at radius 3 is 2.52 bits per heavy atom. The molecule has 2 N–H and O–H groups in total. The summed E-state index contributed by atoms with van der Waals surface area (Å²) >= 11 is 0. The minimum absolute atomic E-state index is 0.174. The number of hydrogen-bond acceptors (Lipinski definition) is 4. The molecule has 0 fully saturated rings. The normalized spacial score (nSPS) is 10.3. The van der Waals surface area contributed by atoms with Crippen molar-refractivity contribution >= 4 is 17.5 Å². The van der Waals surface area contributed by atoms with Gasteiger partial charge in [-0.2, -0.15) is 0 Å². The van der Waals surface area contributed by atoms with Crippen LogP contribution in [-0.2, 0) is 6.54 Å². The summed E-state index contributed by atoms with van der Waals surface area (Å²) in [5.74, 6) is 0.435. The van der Waals surface area contributed by atoms with E-state index in [1.807, 2.05) is 25.1 Å². The number of benzene rings is 2. The topological polar surface area (TPSA) is 80.6 Å². The summed E-state index contributed by atoms with van der Waals surface area (Å²) in [6.45, 7) is 2.82. The predicted octanol–water partition coefficient (Wildman–Crippen LogP) is 3.86. The molecule has 0 spiro atoms. The zero-order chi connectivity index (χ0) is 19.1. The molecule has 2 amide bonds. The van der Waals surface area contributed by atoms with Gasteiger partial charge < -0.3 is 19.8 Å². The van der Waals surface area contributed by atoms with Crippen molar-refractivity contribution in [3.05, 3.63) is 83.8 Å². The number of carbonyl (C=O) groups is 2. The van der Waals surface area contributed by atoms with Gasteiger partial charge in [-0.15, -0.1) is 0 Å². The smallest absolute Gasteiger partial charge is 0.291 e. The molecule has 0 saturated carbocycles. The molecule has 0 atom stereocenters. The molecular weight excluding hydrogens is 344 g/mol. The maximum absolute atomic E-state index is 12.3. The van der Waals surface area contributed by atoms with Crippen LogP contribution in [-0.4, -0.2) is 18.4 Å². The SMILES string of the molecule is CCOc1cccc(C(=O)NCc2ccc(NC(=O)c3ccco3)cc2)c1. The van der Waals surface area contributed by atoms with Gasteiger partial charge in [0.2, 0.25) is 0 Å². The largest absolute Gasteiger partial charge is 0.494 e. The maximum Gasteiger partial charge on any atom is 0.291 e. The Kier molecular flexibility index (Phi) is 5.89. The molecule has 0 aliphatic carbocycles. The number of furan rings is 1. The first-order chi connectivity index (χ1) is 13.2. The van der Waals surface area contributed by atoms with Gasteiger partial charge in [-0.3, -0.25) is 9.59 Å². The van der Waals surface area contributed by atoms with Crippen molar-refractivity contribution in [1.82, 2.24) is 5.32 Å². The van der Waals surface area contributed by atoms with Crippen molar-refractivity contribution < 1.29 is 18.7 Å². The first-order valence-electron chi connectivity index (χ1n) is 8.60. The Bertz CT molecular complexity index is 902. The fourth-order valence-electron chi connectivity index (χ4n) is 2.48. The van der Waals surface area contributed by atoms with E-state index < -0.39 is 0 Å². The highest BCUT2D eigenvalue weighted by Gasteiger charge is 2.09. The van der Waals surface area contributed by atoms with Gasteiger partial charge in [0.25, 0.3) is 11.8 Å². The number of ether oxygens (including phenoxy) is 1. The van der Waals surface area contributed by atoms with Crippen LogP contribution in [0.25, 0.3) is 0 Å². The molecule has 2 aromatic carbocycles. The van der Waals surface area contributed by atoms with E-state index in [9.17, 15) is 9.59 Å².